The van der Waals surface area contributed by atoms with E-state index in [9.17, 15) is 4.79 Å². The third-order valence-electron chi connectivity index (χ3n) is 4.79. The first-order chi connectivity index (χ1) is 13.6. The smallest absolute Gasteiger partial charge is 0.321 e. The summed E-state index contributed by atoms with van der Waals surface area (Å²) in [6.45, 7) is 4.75. The number of aromatic nitrogens is 4. The molecule has 3 heterocycles. The van der Waals surface area contributed by atoms with Crippen molar-refractivity contribution in [2.45, 2.75) is 38.5 Å². The van der Waals surface area contributed by atoms with Gasteiger partial charge in [0.25, 0.3) is 0 Å². The molecule has 1 fully saturated rings. The molecule has 0 radical (unpaired) electrons. The van der Waals surface area contributed by atoms with Crippen molar-refractivity contribution in [2.75, 3.05) is 11.9 Å². The number of hydrogen-bond donors (Lipinski definition) is 2. The number of rotatable bonds is 5. The second-order valence-electron chi connectivity index (χ2n) is 7.09. The summed E-state index contributed by atoms with van der Waals surface area (Å²) in [4.78, 5) is 16.8. The van der Waals surface area contributed by atoms with E-state index in [1.807, 2.05) is 58.2 Å². The summed E-state index contributed by atoms with van der Waals surface area (Å²) in [5.41, 5.74) is 1.90. The first-order valence-corrected chi connectivity index (χ1v) is 9.44. The van der Waals surface area contributed by atoms with Gasteiger partial charge in [0.1, 0.15) is 6.10 Å². The molecule has 0 saturated carbocycles. The van der Waals surface area contributed by atoms with Gasteiger partial charge < -0.3 is 10.1 Å². The van der Waals surface area contributed by atoms with Gasteiger partial charge in [0, 0.05) is 42.5 Å². The SMILES string of the molecule is CC(C)n1cc([C@@H]2OCC[C@H]2NC(=O)Nc2nccn2-c2ccccc2)cn1. The Balaban J connectivity index is 1.43. The van der Waals surface area contributed by atoms with Crippen molar-refractivity contribution >= 4 is 12.0 Å². The van der Waals surface area contributed by atoms with Crippen LogP contribution in [0.25, 0.3) is 5.69 Å². The van der Waals surface area contributed by atoms with Gasteiger partial charge in [0.15, 0.2) is 0 Å². The number of hydrogen-bond acceptors (Lipinski definition) is 4. The number of anilines is 1. The van der Waals surface area contributed by atoms with Crippen molar-refractivity contribution in [3.05, 3.63) is 60.7 Å². The molecule has 1 saturated heterocycles. The van der Waals surface area contributed by atoms with E-state index < -0.39 is 0 Å². The molecule has 146 valence electrons. The highest BCUT2D eigenvalue weighted by Gasteiger charge is 2.32. The predicted molar refractivity (Wildman–Crippen MR) is 105 cm³/mol. The molecule has 4 rings (SSSR count). The minimum atomic E-state index is -0.305. The maximum Gasteiger partial charge on any atom is 0.321 e. The molecule has 8 nitrogen and oxygen atoms in total. The van der Waals surface area contributed by atoms with Crippen molar-refractivity contribution in [3.8, 4) is 5.69 Å². The van der Waals surface area contributed by atoms with Gasteiger partial charge >= 0.3 is 6.03 Å². The molecule has 3 aromatic rings. The molecule has 2 atom stereocenters. The average Bonchev–Trinajstić information content (AvgIpc) is 3.42. The standard InChI is InChI=1S/C20H24N6O2/c1-14(2)26-13-15(12-22-26)18-17(8-11-28-18)23-20(27)24-19-21-9-10-25(19)16-6-4-3-5-7-16/h3-7,9-10,12-14,17-18H,8,11H2,1-2H3,(H2,21,23,24,27)/t17-,18+/m1/s1. The number of imidazole rings is 1. The number of urea groups is 1. The van der Waals surface area contributed by atoms with Crippen LogP contribution in [0.1, 0.15) is 38.0 Å². The minimum absolute atomic E-state index is 0.120. The fraction of sp³-hybridized carbons (Fsp3) is 0.350. The van der Waals surface area contributed by atoms with E-state index in [4.69, 9.17) is 4.74 Å². The number of carbonyl (C=O) groups excluding carboxylic acids is 1. The van der Waals surface area contributed by atoms with Gasteiger partial charge in [-0.05, 0) is 32.4 Å². The Hall–Kier alpha value is -3.13. The lowest BCUT2D eigenvalue weighted by atomic mass is 10.1. The molecule has 0 unspecified atom stereocenters. The van der Waals surface area contributed by atoms with Crippen molar-refractivity contribution in [1.29, 1.82) is 0 Å². The molecule has 1 aliphatic rings. The molecule has 8 heteroatoms. The first kappa shape index (κ1) is 18.2. The van der Waals surface area contributed by atoms with Crippen LogP contribution in [0, 0.1) is 0 Å². The number of para-hydroxylation sites is 1. The average molecular weight is 380 g/mol. The van der Waals surface area contributed by atoms with E-state index in [1.165, 1.54) is 0 Å². The van der Waals surface area contributed by atoms with Gasteiger partial charge in [-0.25, -0.2) is 9.78 Å². The Labute approximate surface area is 163 Å². The number of amides is 2. The maximum absolute atomic E-state index is 12.6. The van der Waals surface area contributed by atoms with Crippen LogP contribution in [0.5, 0.6) is 0 Å². The highest BCUT2D eigenvalue weighted by Crippen LogP contribution is 2.29. The Kier molecular flexibility index (Phi) is 5.12. The topological polar surface area (TPSA) is 86.0 Å². The lowest BCUT2D eigenvalue weighted by Crippen LogP contribution is -2.40. The fourth-order valence-corrected chi connectivity index (χ4v) is 3.35. The van der Waals surface area contributed by atoms with Crippen LogP contribution >= 0.6 is 0 Å². The van der Waals surface area contributed by atoms with E-state index in [0.29, 0.717) is 12.6 Å². The number of ether oxygens (including phenoxy) is 1. The molecule has 0 aliphatic carbocycles. The molecule has 1 aliphatic heterocycles. The molecule has 2 N–H and O–H groups in total. The Bertz CT molecular complexity index is 933. The zero-order valence-corrected chi connectivity index (χ0v) is 15.9. The third kappa shape index (κ3) is 3.77. The van der Waals surface area contributed by atoms with Crippen LogP contribution in [0.4, 0.5) is 10.7 Å². The largest absolute Gasteiger partial charge is 0.371 e. The molecule has 28 heavy (non-hydrogen) atoms. The zero-order valence-electron chi connectivity index (χ0n) is 15.9. The maximum atomic E-state index is 12.6. The molecule has 2 aromatic heterocycles. The lowest BCUT2D eigenvalue weighted by molar-refractivity contribution is 0.100. The van der Waals surface area contributed by atoms with Crippen molar-refractivity contribution in [2.24, 2.45) is 0 Å². The summed E-state index contributed by atoms with van der Waals surface area (Å²) in [5.74, 6) is 0.465. The minimum Gasteiger partial charge on any atom is -0.371 e. The van der Waals surface area contributed by atoms with Crippen molar-refractivity contribution < 1.29 is 9.53 Å². The Morgan fingerprint density at radius 2 is 2.11 bits per heavy atom. The number of nitrogens with zero attached hydrogens (tertiary/aromatic N) is 4. The number of nitrogens with one attached hydrogen (secondary N) is 2. The van der Waals surface area contributed by atoms with E-state index in [-0.39, 0.29) is 24.2 Å². The Morgan fingerprint density at radius 3 is 2.86 bits per heavy atom. The van der Waals surface area contributed by atoms with Crippen LogP contribution in [-0.2, 0) is 4.74 Å². The normalized spacial score (nSPS) is 19.1. The zero-order chi connectivity index (χ0) is 19.5. The monoisotopic (exact) mass is 380 g/mol. The van der Waals surface area contributed by atoms with Crippen molar-refractivity contribution in [1.82, 2.24) is 24.6 Å². The van der Waals surface area contributed by atoms with Gasteiger partial charge in [-0.15, -0.1) is 0 Å². The van der Waals surface area contributed by atoms with Crippen molar-refractivity contribution in [3.63, 3.8) is 0 Å². The van der Waals surface area contributed by atoms with Gasteiger partial charge in [-0.1, -0.05) is 18.2 Å². The van der Waals surface area contributed by atoms with E-state index in [2.05, 4.69) is 34.6 Å². The summed E-state index contributed by atoms with van der Waals surface area (Å²) in [6.07, 6.45) is 7.81. The highest BCUT2D eigenvalue weighted by molar-refractivity contribution is 5.88. The highest BCUT2D eigenvalue weighted by atomic mass is 16.5. The van der Waals surface area contributed by atoms with Gasteiger partial charge in [-0.3, -0.25) is 14.6 Å². The fourth-order valence-electron chi connectivity index (χ4n) is 3.35. The lowest BCUT2D eigenvalue weighted by Gasteiger charge is -2.19. The summed E-state index contributed by atoms with van der Waals surface area (Å²) in [7, 11) is 0. The number of carbonyl (C=O) groups is 1. The van der Waals surface area contributed by atoms with Gasteiger partial charge in [-0.2, -0.15) is 5.10 Å². The van der Waals surface area contributed by atoms with E-state index in [1.54, 1.807) is 6.20 Å². The van der Waals surface area contributed by atoms with E-state index >= 15 is 0 Å². The second-order valence-corrected chi connectivity index (χ2v) is 7.09. The van der Waals surface area contributed by atoms with Crippen LogP contribution in [0.3, 0.4) is 0 Å². The quantitative estimate of drug-likeness (QED) is 0.711. The third-order valence-corrected chi connectivity index (χ3v) is 4.79. The second kappa shape index (κ2) is 7.85. The summed E-state index contributed by atoms with van der Waals surface area (Å²) in [6, 6.07) is 9.60. The summed E-state index contributed by atoms with van der Waals surface area (Å²) in [5, 5.41) is 10.2. The molecule has 0 spiro atoms. The summed E-state index contributed by atoms with van der Waals surface area (Å²) < 4.78 is 9.58. The predicted octanol–water partition coefficient (Wildman–Crippen LogP) is 3.30. The van der Waals surface area contributed by atoms with Crippen LogP contribution in [0.15, 0.2) is 55.1 Å². The van der Waals surface area contributed by atoms with Gasteiger partial charge in [0.2, 0.25) is 5.95 Å². The first-order valence-electron chi connectivity index (χ1n) is 9.44. The molecule has 0 bridgehead atoms. The molecular weight excluding hydrogens is 356 g/mol. The molecule has 2 amide bonds. The molecular formula is C20H24N6O2. The van der Waals surface area contributed by atoms with Crippen LogP contribution < -0.4 is 10.6 Å². The summed E-state index contributed by atoms with van der Waals surface area (Å²) >= 11 is 0. The van der Waals surface area contributed by atoms with E-state index in [0.717, 1.165) is 17.7 Å². The molecule has 1 aromatic carbocycles. The Morgan fingerprint density at radius 1 is 1.29 bits per heavy atom. The van der Waals surface area contributed by atoms with Crippen LogP contribution in [0.2, 0.25) is 0 Å². The number of benzene rings is 1. The van der Waals surface area contributed by atoms with Gasteiger partial charge in [0.05, 0.1) is 12.2 Å². The van der Waals surface area contributed by atoms with Crippen LogP contribution in [-0.4, -0.2) is 38.0 Å².